The fraction of sp³-hybridized carbons (Fsp3) is 0.472. The second-order valence-electron chi connectivity index (χ2n) is 12.7. The summed E-state index contributed by atoms with van der Waals surface area (Å²) < 4.78 is 55.5. The van der Waals surface area contributed by atoms with Gasteiger partial charge < -0.3 is 18.9 Å². The van der Waals surface area contributed by atoms with Crippen LogP contribution in [0, 0.1) is 12.8 Å². The molecule has 3 heterocycles. The predicted molar refractivity (Wildman–Crippen MR) is 184 cm³/mol. The van der Waals surface area contributed by atoms with Crippen LogP contribution >= 0.6 is 0 Å². The maximum atomic E-state index is 10.5. The van der Waals surface area contributed by atoms with E-state index in [-0.39, 0.29) is 4.90 Å². The average Bonchev–Trinajstić information content (AvgIpc) is 3.79. The van der Waals surface area contributed by atoms with Gasteiger partial charge in [-0.05, 0) is 68.1 Å². The maximum Gasteiger partial charge on any atom is 0.294 e. The number of ether oxygens (including phenoxy) is 4. The molecule has 1 unspecified atom stereocenters. The van der Waals surface area contributed by atoms with E-state index in [1.807, 2.05) is 19.1 Å². The highest BCUT2D eigenvalue weighted by Gasteiger charge is 2.44. The van der Waals surface area contributed by atoms with Crippen LogP contribution in [0.3, 0.4) is 0 Å². The first kappa shape index (κ1) is 34.8. The zero-order chi connectivity index (χ0) is 33.8. The molecule has 1 N–H and O–H groups in total. The highest BCUT2D eigenvalue weighted by atomic mass is 32.2. The molecule has 1 saturated carbocycles. The van der Waals surface area contributed by atoms with Gasteiger partial charge in [-0.1, -0.05) is 30.7 Å². The van der Waals surface area contributed by atoms with Crippen LogP contribution in [0.1, 0.15) is 49.4 Å². The van der Waals surface area contributed by atoms with Crippen LogP contribution in [0.5, 0.6) is 11.5 Å². The summed E-state index contributed by atoms with van der Waals surface area (Å²) in [6.07, 6.45) is 5.74. The second-order valence-corrected chi connectivity index (χ2v) is 14.1. The molecule has 0 amide bonds. The van der Waals surface area contributed by atoms with Crippen LogP contribution in [0.15, 0.2) is 59.5 Å². The third kappa shape index (κ3) is 7.65. The summed E-state index contributed by atoms with van der Waals surface area (Å²) in [5.74, 6) is 2.31. The molecular weight excluding hydrogens is 618 g/mol. The molecule has 0 radical (unpaired) electrons. The Morgan fingerprint density at radius 2 is 1.62 bits per heavy atom. The first-order chi connectivity index (χ1) is 22.5. The topological polar surface area (TPSA) is 109 Å². The van der Waals surface area contributed by atoms with Gasteiger partial charge in [0.25, 0.3) is 10.1 Å². The number of nitrogens with zero attached hydrogens (tertiary/aromatic N) is 3. The minimum atomic E-state index is -4.02. The first-order valence-electron chi connectivity index (χ1n) is 16.3. The van der Waals surface area contributed by atoms with Crippen molar-refractivity contribution in [3.8, 4) is 22.8 Å². The Morgan fingerprint density at radius 1 is 0.979 bits per heavy atom. The standard InChI is InChI=1S/C29H40N3O4.C7H8O3S/c1-6-23-29(32(2,18-20-10-11-20)22-12-14-36-15-13-22)25-9-7-8-24(31(25)30-23)28-26(34-4)16-21(19-33-3)17-27(28)35-5;1-6-2-4-7(5-3-6)11(8,9)10/h7-9,16-17,20,22H,6,10-15,18-19H2,1-5H3;2-5H,1H3,(H,8,9,10)/q+1;. The maximum absolute atomic E-state index is 10.5. The molecule has 6 rings (SSSR count). The number of benzene rings is 2. The highest BCUT2D eigenvalue weighted by molar-refractivity contribution is 7.85. The number of methoxy groups -OCH3 is 3. The van der Waals surface area contributed by atoms with Crippen LogP contribution in [0.4, 0.5) is 5.69 Å². The molecule has 1 aliphatic heterocycles. The van der Waals surface area contributed by atoms with E-state index in [2.05, 4.69) is 36.7 Å². The Labute approximate surface area is 278 Å². The van der Waals surface area contributed by atoms with E-state index in [0.29, 0.717) is 12.6 Å². The van der Waals surface area contributed by atoms with Crippen molar-refractivity contribution in [3.05, 3.63) is 71.4 Å². The number of fused-ring (bicyclic) bond motifs is 1. The van der Waals surface area contributed by atoms with E-state index < -0.39 is 10.1 Å². The number of hydrogen-bond acceptors (Lipinski definition) is 7. The zero-order valence-corrected chi connectivity index (χ0v) is 29.2. The summed E-state index contributed by atoms with van der Waals surface area (Å²) in [6.45, 7) is 7.41. The lowest BCUT2D eigenvalue weighted by Crippen LogP contribution is -2.57. The molecular formula is C36H48N3O7S+. The summed E-state index contributed by atoms with van der Waals surface area (Å²) in [5.41, 5.74) is 7.55. The zero-order valence-electron chi connectivity index (χ0n) is 28.4. The molecule has 2 aromatic carbocycles. The van der Waals surface area contributed by atoms with Gasteiger partial charge in [0, 0.05) is 25.9 Å². The third-order valence-corrected chi connectivity index (χ3v) is 10.2. The van der Waals surface area contributed by atoms with Gasteiger partial charge in [0.05, 0.1) is 69.8 Å². The summed E-state index contributed by atoms with van der Waals surface area (Å²) in [6, 6.07) is 17.1. The quantitative estimate of drug-likeness (QED) is 0.143. The van der Waals surface area contributed by atoms with Gasteiger partial charge in [0.2, 0.25) is 0 Å². The number of pyridine rings is 1. The number of aromatic nitrogens is 2. The van der Waals surface area contributed by atoms with E-state index in [4.69, 9.17) is 28.6 Å². The number of rotatable bonds is 11. The third-order valence-electron chi connectivity index (χ3n) is 9.33. The van der Waals surface area contributed by atoms with Crippen LogP contribution in [0.25, 0.3) is 16.8 Å². The molecule has 10 nitrogen and oxygen atoms in total. The number of aryl methyl sites for hydroxylation is 2. The van der Waals surface area contributed by atoms with Crippen LogP contribution < -0.4 is 14.0 Å². The van der Waals surface area contributed by atoms with Crippen LogP contribution in [-0.2, 0) is 32.6 Å². The predicted octanol–water partition coefficient (Wildman–Crippen LogP) is 6.50. The summed E-state index contributed by atoms with van der Waals surface area (Å²) in [7, 11) is 3.53. The number of quaternary nitrogens is 1. The SMILES string of the molecule is CCc1nn2c(-c3c(OC)cc(COC)cc3OC)cccc2c1[N+](C)(CC1CC1)C1CCOCC1.Cc1ccc(S(=O)(=O)O)cc1. The molecule has 47 heavy (non-hydrogen) atoms. The monoisotopic (exact) mass is 666 g/mol. The molecule has 254 valence electrons. The lowest BCUT2D eigenvalue weighted by molar-refractivity contribution is 0.0436. The molecule has 0 spiro atoms. The minimum Gasteiger partial charge on any atom is -0.496 e. The fourth-order valence-corrected chi connectivity index (χ4v) is 7.26. The minimum absolute atomic E-state index is 0.0666. The summed E-state index contributed by atoms with van der Waals surface area (Å²) in [5, 5.41) is 5.24. The molecule has 1 aliphatic carbocycles. The van der Waals surface area contributed by atoms with Crippen molar-refractivity contribution in [2.75, 3.05) is 48.1 Å². The molecule has 0 bridgehead atoms. The van der Waals surface area contributed by atoms with Crippen molar-refractivity contribution >= 4 is 21.3 Å². The molecule has 2 aliphatic rings. The molecule has 2 aromatic heterocycles. The molecule has 2 fully saturated rings. The van der Waals surface area contributed by atoms with Crippen molar-refractivity contribution in [1.82, 2.24) is 14.1 Å². The normalized spacial score (nSPS) is 16.7. The Bertz CT molecular complexity index is 1750. The van der Waals surface area contributed by atoms with Gasteiger partial charge in [-0.25, -0.2) is 4.52 Å². The fourth-order valence-electron chi connectivity index (χ4n) is 6.78. The average molecular weight is 667 g/mol. The van der Waals surface area contributed by atoms with E-state index >= 15 is 0 Å². The molecule has 1 saturated heterocycles. The van der Waals surface area contributed by atoms with Gasteiger partial charge in [0.15, 0.2) is 5.69 Å². The van der Waals surface area contributed by atoms with Crippen molar-refractivity contribution in [3.63, 3.8) is 0 Å². The largest absolute Gasteiger partial charge is 0.496 e. The molecule has 11 heteroatoms. The molecule has 4 aromatic rings. The van der Waals surface area contributed by atoms with Gasteiger partial charge in [0.1, 0.15) is 22.7 Å². The van der Waals surface area contributed by atoms with E-state index in [0.717, 1.165) is 76.8 Å². The Balaban J connectivity index is 0.000000335. The first-order valence-corrected chi connectivity index (χ1v) is 17.7. The summed E-state index contributed by atoms with van der Waals surface area (Å²) >= 11 is 0. The van der Waals surface area contributed by atoms with Gasteiger partial charge >= 0.3 is 0 Å². The van der Waals surface area contributed by atoms with E-state index in [1.165, 1.54) is 48.4 Å². The lowest BCUT2D eigenvalue weighted by atomic mass is 10.0. The van der Waals surface area contributed by atoms with Crippen molar-refractivity contribution in [1.29, 1.82) is 0 Å². The van der Waals surface area contributed by atoms with Crippen molar-refractivity contribution in [2.24, 2.45) is 5.92 Å². The Kier molecular flexibility index (Phi) is 10.9. The van der Waals surface area contributed by atoms with Crippen molar-refractivity contribution in [2.45, 2.75) is 63.5 Å². The van der Waals surface area contributed by atoms with Crippen molar-refractivity contribution < 1.29 is 31.9 Å². The lowest BCUT2D eigenvalue weighted by Gasteiger charge is -2.43. The van der Waals surface area contributed by atoms with Gasteiger partial charge in [-0.3, -0.25) is 9.04 Å². The van der Waals surface area contributed by atoms with Gasteiger partial charge in [-0.2, -0.15) is 13.5 Å². The van der Waals surface area contributed by atoms with E-state index in [1.54, 1.807) is 33.5 Å². The smallest absolute Gasteiger partial charge is 0.294 e. The highest BCUT2D eigenvalue weighted by Crippen LogP contribution is 2.45. The molecule has 1 atom stereocenters. The summed E-state index contributed by atoms with van der Waals surface area (Å²) in [4.78, 5) is -0.0666. The second kappa shape index (κ2) is 14.7. The Morgan fingerprint density at radius 3 is 2.15 bits per heavy atom. The van der Waals surface area contributed by atoms with Crippen LogP contribution in [0.2, 0.25) is 0 Å². The van der Waals surface area contributed by atoms with E-state index in [9.17, 15) is 8.42 Å². The van der Waals surface area contributed by atoms with Crippen LogP contribution in [-0.4, -0.2) is 76.8 Å². The Hall–Kier alpha value is -3.48. The van der Waals surface area contributed by atoms with Gasteiger partial charge in [-0.15, -0.1) is 0 Å². The number of hydrogen-bond donors (Lipinski definition) is 1.